The lowest BCUT2D eigenvalue weighted by Gasteiger charge is -2.33. The Labute approximate surface area is 202 Å². The summed E-state index contributed by atoms with van der Waals surface area (Å²) >= 11 is 0. The second-order valence-electron chi connectivity index (χ2n) is 9.34. The van der Waals surface area contributed by atoms with Crippen LogP contribution < -0.4 is 10.1 Å². The van der Waals surface area contributed by atoms with Gasteiger partial charge in [-0.05, 0) is 74.6 Å². The zero-order chi connectivity index (χ0) is 24.6. The van der Waals surface area contributed by atoms with Gasteiger partial charge in [0.25, 0.3) is 5.91 Å². The van der Waals surface area contributed by atoms with Crippen LogP contribution in [0.5, 0.6) is 5.75 Å². The summed E-state index contributed by atoms with van der Waals surface area (Å²) in [5.41, 5.74) is 0.582. The standard InChI is InChI=1S/C26H26F2N4O3/c27-19-2-4-21(18(14-19)16-29)17-6-11-31(12-7-17)9-1-10-32-24(33)26(30-25(32)34)8-13-35-23-15-20(28)3-5-22(23)26/h2-5,14-15,17H,1,6-13H2,(H,30,34). The van der Waals surface area contributed by atoms with Gasteiger partial charge in [0.1, 0.15) is 17.4 Å². The number of carbonyl (C=O) groups is 2. The van der Waals surface area contributed by atoms with Gasteiger partial charge in [-0.3, -0.25) is 9.69 Å². The number of nitrogens with one attached hydrogen (secondary N) is 1. The fourth-order valence-corrected chi connectivity index (χ4v) is 5.50. The number of nitrogens with zero attached hydrogens (tertiary/aromatic N) is 3. The van der Waals surface area contributed by atoms with Crippen LogP contribution in [0.1, 0.15) is 48.3 Å². The summed E-state index contributed by atoms with van der Waals surface area (Å²) in [4.78, 5) is 29.6. The third kappa shape index (κ3) is 4.23. The molecule has 0 aromatic heterocycles. The van der Waals surface area contributed by atoms with Crippen LogP contribution in [0, 0.1) is 23.0 Å². The van der Waals surface area contributed by atoms with Gasteiger partial charge in [0, 0.05) is 24.6 Å². The molecule has 1 unspecified atom stereocenters. The summed E-state index contributed by atoms with van der Waals surface area (Å²) in [7, 11) is 0. The maximum Gasteiger partial charge on any atom is 0.325 e. The number of rotatable bonds is 5. The van der Waals surface area contributed by atoms with Gasteiger partial charge in [0.2, 0.25) is 0 Å². The molecule has 2 fully saturated rings. The van der Waals surface area contributed by atoms with E-state index in [1.807, 2.05) is 0 Å². The van der Waals surface area contributed by atoms with Gasteiger partial charge in [0.15, 0.2) is 5.54 Å². The zero-order valence-electron chi connectivity index (χ0n) is 19.2. The van der Waals surface area contributed by atoms with Crippen LogP contribution in [0.4, 0.5) is 13.6 Å². The highest BCUT2D eigenvalue weighted by Gasteiger charge is 2.54. The minimum Gasteiger partial charge on any atom is -0.493 e. The van der Waals surface area contributed by atoms with Crippen molar-refractivity contribution in [3.8, 4) is 11.8 Å². The minimum atomic E-state index is -1.20. The molecule has 0 aliphatic carbocycles. The van der Waals surface area contributed by atoms with Gasteiger partial charge in [0.05, 0.1) is 18.2 Å². The fraction of sp³-hybridized carbons (Fsp3) is 0.423. The van der Waals surface area contributed by atoms with Crippen molar-refractivity contribution in [2.24, 2.45) is 0 Å². The van der Waals surface area contributed by atoms with Crippen molar-refractivity contribution in [3.63, 3.8) is 0 Å². The van der Waals surface area contributed by atoms with Crippen LogP contribution in [-0.4, -0.2) is 54.5 Å². The molecule has 0 bridgehead atoms. The van der Waals surface area contributed by atoms with E-state index in [4.69, 9.17) is 4.74 Å². The molecule has 7 nitrogen and oxygen atoms in total. The normalized spacial score (nSPS) is 22.6. The van der Waals surface area contributed by atoms with E-state index in [1.54, 1.807) is 6.07 Å². The molecule has 2 aromatic rings. The number of imide groups is 1. The van der Waals surface area contributed by atoms with Gasteiger partial charge in [-0.1, -0.05) is 6.07 Å². The smallest absolute Gasteiger partial charge is 0.325 e. The van der Waals surface area contributed by atoms with Gasteiger partial charge in [-0.15, -0.1) is 0 Å². The van der Waals surface area contributed by atoms with E-state index >= 15 is 0 Å². The maximum absolute atomic E-state index is 13.6. The van der Waals surface area contributed by atoms with Crippen LogP contribution in [0.15, 0.2) is 36.4 Å². The fourth-order valence-electron chi connectivity index (χ4n) is 5.50. The molecule has 1 atom stereocenters. The molecular formula is C26H26F2N4O3. The number of urea groups is 1. The topological polar surface area (TPSA) is 85.7 Å². The first-order chi connectivity index (χ1) is 16.9. The van der Waals surface area contributed by atoms with E-state index in [2.05, 4.69) is 16.3 Å². The number of fused-ring (bicyclic) bond motifs is 2. The Morgan fingerprint density at radius 3 is 2.60 bits per heavy atom. The number of hydrogen-bond donors (Lipinski definition) is 1. The highest BCUT2D eigenvalue weighted by molar-refractivity contribution is 6.07. The quantitative estimate of drug-likeness (QED) is 0.661. The maximum atomic E-state index is 13.6. The number of carbonyl (C=O) groups excluding carboxylic acids is 2. The number of halogens is 2. The average molecular weight is 481 g/mol. The molecular weight excluding hydrogens is 454 g/mol. The Kier molecular flexibility index (Phi) is 6.15. The lowest BCUT2D eigenvalue weighted by molar-refractivity contribution is -0.132. The lowest BCUT2D eigenvalue weighted by Crippen LogP contribution is -2.47. The van der Waals surface area contributed by atoms with Crippen molar-refractivity contribution in [2.45, 2.75) is 37.1 Å². The van der Waals surface area contributed by atoms with Crippen molar-refractivity contribution >= 4 is 11.9 Å². The highest BCUT2D eigenvalue weighted by Crippen LogP contribution is 2.41. The second-order valence-corrected chi connectivity index (χ2v) is 9.34. The molecule has 3 heterocycles. The van der Waals surface area contributed by atoms with E-state index in [0.29, 0.717) is 30.5 Å². The van der Waals surface area contributed by atoms with Gasteiger partial charge in [-0.25, -0.2) is 13.6 Å². The van der Waals surface area contributed by atoms with Crippen LogP contribution in [0.25, 0.3) is 0 Å². The largest absolute Gasteiger partial charge is 0.493 e. The van der Waals surface area contributed by atoms with Crippen LogP contribution in [0.2, 0.25) is 0 Å². The van der Waals surface area contributed by atoms with E-state index in [1.165, 1.54) is 35.2 Å². The monoisotopic (exact) mass is 480 g/mol. The van der Waals surface area contributed by atoms with E-state index in [-0.39, 0.29) is 24.2 Å². The van der Waals surface area contributed by atoms with Crippen molar-refractivity contribution in [1.29, 1.82) is 5.26 Å². The van der Waals surface area contributed by atoms with Crippen molar-refractivity contribution < 1.29 is 23.1 Å². The summed E-state index contributed by atoms with van der Waals surface area (Å²) in [6.07, 6.45) is 2.65. The van der Waals surface area contributed by atoms with Crippen LogP contribution in [0.3, 0.4) is 0 Å². The van der Waals surface area contributed by atoms with Crippen molar-refractivity contribution in [1.82, 2.24) is 15.1 Å². The van der Waals surface area contributed by atoms with E-state index in [0.717, 1.165) is 38.0 Å². The SMILES string of the molecule is N#Cc1cc(F)ccc1C1CCN(CCCN2C(=O)NC3(CCOc4cc(F)ccc43)C2=O)CC1. The Bertz CT molecular complexity index is 1210. The number of amides is 3. The molecule has 3 amide bonds. The molecule has 0 radical (unpaired) electrons. The minimum absolute atomic E-state index is 0.214. The van der Waals surface area contributed by atoms with Gasteiger partial charge >= 0.3 is 6.03 Å². The number of ether oxygens (including phenoxy) is 1. The van der Waals surface area contributed by atoms with Crippen LogP contribution >= 0.6 is 0 Å². The summed E-state index contributed by atoms with van der Waals surface area (Å²) in [6, 6.07) is 10.1. The molecule has 0 saturated carbocycles. The van der Waals surface area contributed by atoms with Gasteiger partial charge < -0.3 is 15.0 Å². The molecule has 9 heteroatoms. The Morgan fingerprint density at radius 2 is 1.83 bits per heavy atom. The summed E-state index contributed by atoms with van der Waals surface area (Å²) in [6.45, 7) is 2.89. The van der Waals surface area contributed by atoms with E-state index in [9.17, 15) is 23.6 Å². The van der Waals surface area contributed by atoms with Crippen LogP contribution in [-0.2, 0) is 10.3 Å². The molecule has 2 saturated heterocycles. The van der Waals surface area contributed by atoms with E-state index < -0.39 is 23.2 Å². The molecule has 2 aromatic carbocycles. The molecule has 3 aliphatic rings. The molecule has 1 N–H and O–H groups in total. The Balaban J connectivity index is 1.17. The van der Waals surface area contributed by atoms with Crippen molar-refractivity contribution in [3.05, 3.63) is 64.7 Å². The lowest BCUT2D eigenvalue weighted by atomic mass is 9.84. The third-order valence-corrected chi connectivity index (χ3v) is 7.33. The number of piperidine rings is 1. The highest BCUT2D eigenvalue weighted by atomic mass is 19.1. The predicted molar refractivity (Wildman–Crippen MR) is 123 cm³/mol. The first kappa shape index (κ1) is 23.2. The predicted octanol–water partition coefficient (Wildman–Crippen LogP) is 3.64. The molecule has 5 rings (SSSR count). The third-order valence-electron chi connectivity index (χ3n) is 7.33. The first-order valence-corrected chi connectivity index (χ1v) is 11.9. The Morgan fingerprint density at radius 1 is 1.09 bits per heavy atom. The molecule has 182 valence electrons. The average Bonchev–Trinajstić information content (AvgIpc) is 3.09. The molecule has 3 aliphatic heterocycles. The summed E-state index contributed by atoms with van der Waals surface area (Å²) < 4.78 is 32.6. The summed E-state index contributed by atoms with van der Waals surface area (Å²) in [5.74, 6) is -0.679. The molecule has 1 spiro atoms. The number of likely N-dealkylation sites (tertiary alicyclic amines) is 1. The zero-order valence-corrected chi connectivity index (χ0v) is 19.2. The Hall–Kier alpha value is -3.51. The molecule has 35 heavy (non-hydrogen) atoms. The van der Waals surface area contributed by atoms with Gasteiger partial charge in [-0.2, -0.15) is 5.26 Å². The number of hydrogen-bond acceptors (Lipinski definition) is 5. The van der Waals surface area contributed by atoms with Crippen molar-refractivity contribution in [2.75, 3.05) is 32.8 Å². The summed E-state index contributed by atoms with van der Waals surface area (Å²) in [5, 5.41) is 12.2. The first-order valence-electron chi connectivity index (χ1n) is 11.9. The second kappa shape index (κ2) is 9.27. The number of benzene rings is 2. The number of nitriles is 1.